The Morgan fingerprint density at radius 3 is 2.73 bits per heavy atom. The molecule has 190 valence electrons. The third kappa shape index (κ3) is 4.54. The highest BCUT2D eigenvalue weighted by molar-refractivity contribution is 6.07. The molecule has 7 nitrogen and oxygen atoms in total. The zero-order valence-corrected chi connectivity index (χ0v) is 21.0. The number of hydrogen-bond acceptors (Lipinski definition) is 6. The molecule has 0 bridgehead atoms. The van der Waals surface area contributed by atoms with Gasteiger partial charge in [0, 0.05) is 18.5 Å². The molecule has 2 aromatic carbocycles. The number of benzene rings is 2. The van der Waals surface area contributed by atoms with Crippen LogP contribution in [0, 0.1) is 0 Å². The van der Waals surface area contributed by atoms with Crippen LogP contribution in [0.4, 0.5) is 0 Å². The third-order valence-electron chi connectivity index (χ3n) is 7.73. The highest BCUT2D eigenvalue weighted by Gasteiger charge is 2.29. The van der Waals surface area contributed by atoms with Gasteiger partial charge in [0.2, 0.25) is 6.79 Å². The van der Waals surface area contributed by atoms with E-state index in [0.717, 1.165) is 76.9 Å². The summed E-state index contributed by atoms with van der Waals surface area (Å²) in [4.78, 5) is 32.9. The van der Waals surface area contributed by atoms with E-state index in [0.29, 0.717) is 12.0 Å². The summed E-state index contributed by atoms with van der Waals surface area (Å²) in [5, 5.41) is 0.753. The highest BCUT2D eigenvalue weighted by Crippen LogP contribution is 2.39. The smallest absolute Gasteiger partial charge is 0.339 e. The monoisotopic (exact) mass is 498 g/mol. The molecule has 1 aromatic heterocycles. The summed E-state index contributed by atoms with van der Waals surface area (Å²) in [6, 6.07) is 13.7. The van der Waals surface area contributed by atoms with Crippen LogP contribution in [-0.4, -0.2) is 48.2 Å². The van der Waals surface area contributed by atoms with Gasteiger partial charge in [0.05, 0.1) is 16.8 Å². The summed E-state index contributed by atoms with van der Waals surface area (Å²) in [6.45, 7) is -0.0205. The number of para-hydroxylation sites is 1. The number of ether oxygens (including phenoxy) is 3. The van der Waals surface area contributed by atoms with Crippen molar-refractivity contribution in [2.45, 2.75) is 51.0 Å². The maximum atomic E-state index is 13.4. The van der Waals surface area contributed by atoms with Gasteiger partial charge in [0.1, 0.15) is 0 Å². The predicted octanol–water partition coefficient (Wildman–Crippen LogP) is 5.40. The number of rotatable bonds is 5. The van der Waals surface area contributed by atoms with Crippen molar-refractivity contribution in [3.8, 4) is 11.5 Å². The number of pyridine rings is 1. The first-order valence-electron chi connectivity index (χ1n) is 13.0. The van der Waals surface area contributed by atoms with Crippen LogP contribution in [0.15, 0.2) is 42.5 Å². The highest BCUT2D eigenvalue weighted by atomic mass is 16.7. The Labute approximate surface area is 216 Å². The van der Waals surface area contributed by atoms with Crippen LogP contribution in [0.5, 0.6) is 11.5 Å². The molecule has 1 saturated carbocycles. The minimum atomic E-state index is -0.468. The summed E-state index contributed by atoms with van der Waals surface area (Å²) in [6.07, 6.45) is 9.06. The molecule has 0 radical (unpaired) electrons. The van der Waals surface area contributed by atoms with Gasteiger partial charge < -0.3 is 19.1 Å². The normalized spacial score (nSPS) is 17.7. The van der Waals surface area contributed by atoms with Crippen molar-refractivity contribution < 1.29 is 23.8 Å². The second-order valence-electron chi connectivity index (χ2n) is 9.99. The van der Waals surface area contributed by atoms with Crippen molar-refractivity contribution in [3.63, 3.8) is 0 Å². The number of allylic oxidation sites excluding steroid dienone is 1. The van der Waals surface area contributed by atoms with E-state index in [2.05, 4.69) is 6.08 Å². The molecule has 0 spiro atoms. The zero-order valence-electron chi connectivity index (χ0n) is 21.0. The van der Waals surface area contributed by atoms with E-state index in [1.807, 2.05) is 49.5 Å². The number of amides is 1. The van der Waals surface area contributed by atoms with E-state index >= 15 is 0 Å². The number of hydrogen-bond donors (Lipinski definition) is 0. The lowest BCUT2D eigenvalue weighted by atomic mass is 9.94. The predicted molar refractivity (Wildman–Crippen MR) is 140 cm³/mol. The number of carbonyl (C=O) groups excluding carboxylic acids is 2. The number of carbonyl (C=O) groups is 2. The molecule has 3 aromatic rings. The first kappa shape index (κ1) is 23.5. The molecule has 2 heterocycles. The number of fused-ring (bicyclic) bond motifs is 3. The number of aromatic nitrogens is 1. The minimum absolute atomic E-state index is 0.154. The molecule has 6 rings (SSSR count). The quantitative estimate of drug-likeness (QED) is 0.439. The third-order valence-corrected chi connectivity index (χ3v) is 7.73. The first-order chi connectivity index (χ1) is 18.1. The van der Waals surface area contributed by atoms with Crippen LogP contribution < -0.4 is 9.47 Å². The van der Waals surface area contributed by atoms with Gasteiger partial charge in [0.25, 0.3) is 5.91 Å². The lowest BCUT2D eigenvalue weighted by molar-refractivity contribution is -0.135. The van der Waals surface area contributed by atoms with Gasteiger partial charge in [-0.3, -0.25) is 4.79 Å². The van der Waals surface area contributed by atoms with Crippen LogP contribution in [0.2, 0.25) is 0 Å². The molecule has 0 saturated heterocycles. The molecule has 0 unspecified atom stereocenters. The Balaban J connectivity index is 1.28. The first-order valence-corrected chi connectivity index (χ1v) is 13.0. The van der Waals surface area contributed by atoms with Crippen LogP contribution in [0.3, 0.4) is 0 Å². The van der Waals surface area contributed by atoms with Gasteiger partial charge in [-0.2, -0.15) is 0 Å². The Bertz CT molecular complexity index is 1410. The fourth-order valence-electron chi connectivity index (χ4n) is 5.69. The van der Waals surface area contributed by atoms with Crippen molar-refractivity contribution in [2.24, 2.45) is 0 Å². The summed E-state index contributed by atoms with van der Waals surface area (Å²) < 4.78 is 16.6. The molecular weight excluding hydrogens is 468 g/mol. The van der Waals surface area contributed by atoms with Crippen molar-refractivity contribution in [3.05, 3.63) is 64.8 Å². The fourth-order valence-corrected chi connectivity index (χ4v) is 5.69. The molecule has 2 aliphatic carbocycles. The second-order valence-corrected chi connectivity index (χ2v) is 9.99. The number of esters is 1. The summed E-state index contributed by atoms with van der Waals surface area (Å²) in [5.41, 5.74) is 4.99. The second kappa shape index (κ2) is 9.88. The van der Waals surface area contributed by atoms with Gasteiger partial charge >= 0.3 is 5.97 Å². The molecule has 1 amide bonds. The molecule has 37 heavy (non-hydrogen) atoms. The molecule has 0 atom stereocenters. The standard InChI is InChI=1S/C30H30N2O5/c1-32(21-7-3-2-4-8-21)27(33)17-35-30(34)28-22-9-5-6-10-24(22)31-29-20(12-13-23(28)29)15-19-11-14-25-26(16-19)37-18-36-25/h5-6,9-11,14-16,21H,2-4,7-8,12-13,17-18H2,1H3/b20-15-. The van der Waals surface area contributed by atoms with Gasteiger partial charge in [-0.05, 0) is 66.7 Å². The van der Waals surface area contributed by atoms with E-state index in [9.17, 15) is 9.59 Å². The summed E-state index contributed by atoms with van der Waals surface area (Å²) >= 11 is 0. The van der Waals surface area contributed by atoms with E-state index in [-0.39, 0.29) is 25.3 Å². The summed E-state index contributed by atoms with van der Waals surface area (Å²) in [7, 11) is 1.82. The Morgan fingerprint density at radius 1 is 1.05 bits per heavy atom. The fraction of sp³-hybridized carbons (Fsp3) is 0.367. The maximum Gasteiger partial charge on any atom is 0.339 e. The Morgan fingerprint density at radius 2 is 1.86 bits per heavy atom. The lowest BCUT2D eigenvalue weighted by Gasteiger charge is -2.31. The van der Waals surface area contributed by atoms with Crippen molar-refractivity contribution in [1.82, 2.24) is 9.88 Å². The maximum absolute atomic E-state index is 13.4. The Kier molecular flexibility index (Phi) is 6.28. The van der Waals surface area contributed by atoms with Crippen LogP contribution in [0.25, 0.3) is 22.6 Å². The molecule has 7 heteroatoms. The number of nitrogens with zero attached hydrogens (tertiary/aromatic N) is 2. The average Bonchev–Trinajstić information content (AvgIpc) is 3.57. The molecule has 1 fully saturated rings. The van der Waals surface area contributed by atoms with Crippen LogP contribution in [-0.2, 0) is 16.0 Å². The topological polar surface area (TPSA) is 78.0 Å². The molecular formula is C30H30N2O5. The molecule has 3 aliphatic rings. The minimum Gasteiger partial charge on any atom is -0.454 e. The van der Waals surface area contributed by atoms with Gasteiger partial charge in [-0.25, -0.2) is 9.78 Å². The zero-order chi connectivity index (χ0) is 25.4. The van der Waals surface area contributed by atoms with Crippen molar-refractivity contribution >= 4 is 34.4 Å². The van der Waals surface area contributed by atoms with Crippen molar-refractivity contribution in [2.75, 3.05) is 20.4 Å². The molecule has 0 N–H and O–H groups in total. The van der Waals surface area contributed by atoms with Gasteiger partial charge in [-0.1, -0.05) is 43.5 Å². The largest absolute Gasteiger partial charge is 0.454 e. The summed E-state index contributed by atoms with van der Waals surface area (Å²) in [5.74, 6) is 0.848. The number of likely N-dealkylation sites (N-methyl/N-ethyl adjacent to an activating group) is 1. The lowest BCUT2D eigenvalue weighted by Crippen LogP contribution is -2.40. The van der Waals surface area contributed by atoms with Crippen molar-refractivity contribution in [1.29, 1.82) is 0 Å². The average molecular weight is 499 g/mol. The van der Waals surface area contributed by atoms with Crippen LogP contribution in [0.1, 0.15) is 65.7 Å². The van der Waals surface area contributed by atoms with E-state index in [1.54, 1.807) is 4.90 Å². The van der Waals surface area contributed by atoms with E-state index < -0.39 is 5.97 Å². The van der Waals surface area contributed by atoms with Crippen LogP contribution >= 0.6 is 0 Å². The van der Waals surface area contributed by atoms with E-state index in [1.165, 1.54) is 6.42 Å². The van der Waals surface area contributed by atoms with E-state index in [4.69, 9.17) is 19.2 Å². The van der Waals surface area contributed by atoms with Gasteiger partial charge in [-0.15, -0.1) is 0 Å². The Hall–Kier alpha value is -3.87. The van der Waals surface area contributed by atoms with Gasteiger partial charge in [0.15, 0.2) is 18.1 Å². The SMILES string of the molecule is CN(C(=O)COC(=O)c1c2c(nc3ccccc13)/C(=C\c1ccc3c(c1)OCO3)CC2)C1CCCCC1. The molecule has 1 aliphatic heterocycles.